The molecule has 0 aliphatic rings. The van der Waals surface area contributed by atoms with Crippen molar-refractivity contribution in [3.63, 3.8) is 0 Å². The van der Waals surface area contributed by atoms with Gasteiger partial charge in [0.2, 0.25) is 5.89 Å². The minimum Gasteiger partial charge on any atom is -0.480 e. The molecule has 0 spiro atoms. The molecule has 1 rings (SSSR count). The molecule has 0 saturated heterocycles. The lowest BCUT2D eigenvalue weighted by atomic mass is 10.4. The van der Waals surface area contributed by atoms with Gasteiger partial charge in [0.05, 0.1) is 5.75 Å². The molecule has 1 atom stereocenters. The third-order valence-electron chi connectivity index (χ3n) is 1.41. The number of nitrogens with two attached hydrogens (primary N) is 1. The van der Waals surface area contributed by atoms with Crippen molar-refractivity contribution in [2.45, 2.75) is 18.7 Å². The van der Waals surface area contributed by atoms with Crippen LogP contribution in [0.5, 0.6) is 0 Å². The fourth-order valence-electron chi connectivity index (χ4n) is 0.743. The Bertz CT molecular complexity index is 315. The summed E-state index contributed by atoms with van der Waals surface area (Å²) in [5.41, 5.74) is 5.30. The highest BCUT2D eigenvalue weighted by Crippen LogP contribution is 2.10. The van der Waals surface area contributed by atoms with Gasteiger partial charge >= 0.3 is 5.97 Å². The fraction of sp³-hybridized carbons (Fsp3) is 0.571. The second kappa shape index (κ2) is 4.97. The first kappa shape index (κ1) is 11.0. The van der Waals surface area contributed by atoms with Crippen molar-refractivity contribution in [2.24, 2.45) is 5.73 Å². The van der Waals surface area contributed by atoms with Gasteiger partial charge in [0.15, 0.2) is 5.82 Å². The van der Waals surface area contributed by atoms with Gasteiger partial charge in [0.25, 0.3) is 0 Å². The number of carbonyl (C=O) groups is 1. The number of carboxylic acids is 1. The zero-order valence-electron chi connectivity index (χ0n) is 7.64. The largest absolute Gasteiger partial charge is 0.480 e. The predicted molar refractivity (Wildman–Crippen MR) is 50.8 cm³/mol. The molecule has 0 radical (unpaired) electrons. The molecular weight excluding hydrogens is 206 g/mol. The monoisotopic (exact) mass is 217 g/mol. The Labute approximate surface area is 84.9 Å². The van der Waals surface area contributed by atoms with Crippen molar-refractivity contribution in [2.75, 3.05) is 5.75 Å². The number of rotatable bonds is 5. The standard InChI is InChI=1S/C7H11N3O3S/c1-4-9-6(13-10-4)3-14-2-5(8)7(11)12/h5H,2-3,8H2,1H3,(H,11,12). The molecule has 0 aliphatic heterocycles. The fourth-order valence-corrected chi connectivity index (χ4v) is 1.55. The van der Waals surface area contributed by atoms with Crippen molar-refractivity contribution in [3.05, 3.63) is 11.7 Å². The second-order valence-corrected chi connectivity index (χ2v) is 3.73. The lowest BCUT2D eigenvalue weighted by Crippen LogP contribution is -2.32. The first-order valence-electron chi connectivity index (χ1n) is 3.95. The molecule has 0 aromatic carbocycles. The summed E-state index contributed by atoms with van der Waals surface area (Å²) in [5, 5.41) is 12.1. The number of hydrogen-bond donors (Lipinski definition) is 2. The maximum Gasteiger partial charge on any atom is 0.321 e. The highest BCUT2D eigenvalue weighted by molar-refractivity contribution is 7.98. The van der Waals surface area contributed by atoms with E-state index in [9.17, 15) is 4.79 Å². The molecule has 1 aromatic rings. The van der Waals surface area contributed by atoms with Crippen molar-refractivity contribution in [1.82, 2.24) is 10.1 Å². The van der Waals surface area contributed by atoms with Crippen LogP contribution in [0.3, 0.4) is 0 Å². The summed E-state index contributed by atoms with van der Waals surface area (Å²) in [6.07, 6.45) is 0. The number of hydrogen-bond acceptors (Lipinski definition) is 6. The van der Waals surface area contributed by atoms with E-state index in [-0.39, 0.29) is 0 Å². The molecule has 0 aliphatic carbocycles. The van der Waals surface area contributed by atoms with E-state index in [1.54, 1.807) is 6.92 Å². The van der Waals surface area contributed by atoms with Crippen LogP contribution in [0.1, 0.15) is 11.7 Å². The quantitative estimate of drug-likeness (QED) is 0.716. The van der Waals surface area contributed by atoms with Crippen LogP contribution in [0, 0.1) is 6.92 Å². The number of carboxylic acid groups (broad SMARTS) is 1. The Morgan fingerprint density at radius 3 is 3.00 bits per heavy atom. The van der Waals surface area contributed by atoms with Crippen LogP contribution in [0.15, 0.2) is 4.52 Å². The molecule has 14 heavy (non-hydrogen) atoms. The topological polar surface area (TPSA) is 102 Å². The highest BCUT2D eigenvalue weighted by Gasteiger charge is 2.12. The van der Waals surface area contributed by atoms with E-state index in [1.807, 2.05) is 0 Å². The van der Waals surface area contributed by atoms with Crippen LogP contribution in [0.2, 0.25) is 0 Å². The van der Waals surface area contributed by atoms with Gasteiger partial charge in [-0.25, -0.2) is 0 Å². The van der Waals surface area contributed by atoms with Crippen LogP contribution < -0.4 is 5.73 Å². The van der Waals surface area contributed by atoms with E-state index < -0.39 is 12.0 Å². The number of aliphatic carboxylic acids is 1. The first-order chi connectivity index (χ1) is 6.59. The average Bonchev–Trinajstić information content (AvgIpc) is 2.51. The van der Waals surface area contributed by atoms with E-state index in [1.165, 1.54) is 11.8 Å². The van der Waals surface area contributed by atoms with Crippen molar-refractivity contribution < 1.29 is 14.4 Å². The highest BCUT2D eigenvalue weighted by atomic mass is 32.2. The van der Waals surface area contributed by atoms with Crippen LogP contribution in [0.4, 0.5) is 0 Å². The van der Waals surface area contributed by atoms with E-state index in [2.05, 4.69) is 10.1 Å². The molecular formula is C7H11N3O3S. The van der Waals surface area contributed by atoms with Gasteiger partial charge in [0.1, 0.15) is 6.04 Å². The molecule has 1 aromatic heterocycles. The van der Waals surface area contributed by atoms with Gasteiger partial charge in [-0.3, -0.25) is 4.79 Å². The molecule has 0 fully saturated rings. The summed E-state index contributed by atoms with van der Waals surface area (Å²) < 4.78 is 4.84. The van der Waals surface area contributed by atoms with E-state index in [0.29, 0.717) is 23.2 Å². The summed E-state index contributed by atoms with van der Waals surface area (Å²) in [4.78, 5) is 14.3. The molecule has 3 N–H and O–H groups in total. The van der Waals surface area contributed by atoms with Gasteiger partial charge in [-0.15, -0.1) is 11.8 Å². The first-order valence-corrected chi connectivity index (χ1v) is 5.10. The smallest absolute Gasteiger partial charge is 0.321 e. The third kappa shape index (κ3) is 3.35. The summed E-state index contributed by atoms with van der Waals surface area (Å²) in [6, 6.07) is -0.844. The van der Waals surface area contributed by atoms with E-state index in [0.717, 1.165) is 0 Å². The van der Waals surface area contributed by atoms with Crippen LogP contribution in [0.25, 0.3) is 0 Å². The normalized spacial score (nSPS) is 12.7. The summed E-state index contributed by atoms with van der Waals surface area (Å²) in [6.45, 7) is 1.72. The maximum atomic E-state index is 10.4. The summed E-state index contributed by atoms with van der Waals surface area (Å²) >= 11 is 1.35. The Morgan fingerprint density at radius 2 is 2.50 bits per heavy atom. The SMILES string of the molecule is Cc1noc(CSCC(N)C(=O)O)n1. The zero-order chi connectivity index (χ0) is 10.6. The van der Waals surface area contributed by atoms with Crippen LogP contribution in [-0.4, -0.2) is 33.0 Å². The second-order valence-electron chi connectivity index (χ2n) is 2.70. The molecule has 0 bridgehead atoms. The van der Waals surface area contributed by atoms with Crippen molar-refractivity contribution in [1.29, 1.82) is 0 Å². The Balaban J connectivity index is 2.25. The zero-order valence-corrected chi connectivity index (χ0v) is 8.45. The van der Waals surface area contributed by atoms with Gasteiger partial charge in [0, 0.05) is 5.75 Å². The Kier molecular flexibility index (Phi) is 3.90. The minimum absolute atomic E-state index is 0.330. The average molecular weight is 217 g/mol. The third-order valence-corrected chi connectivity index (χ3v) is 2.46. The molecule has 0 amide bonds. The lowest BCUT2D eigenvalue weighted by molar-refractivity contribution is -0.137. The minimum atomic E-state index is -1.00. The predicted octanol–water partition coefficient (Wildman–Crippen LogP) is 0.0231. The number of nitrogens with zero attached hydrogens (tertiary/aromatic N) is 2. The maximum absolute atomic E-state index is 10.4. The molecule has 78 valence electrons. The molecule has 1 heterocycles. The molecule has 0 saturated carbocycles. The molecule has 6 nitrogen and oxygen atoms in total. The Morgan fingerprint density at radius 1 is 1.79 bits per heavy atom. The van der Waals surface area contributed by atoms with Gasteiger partial charge in [-0.05, 0) is 6.92 Å². The van der Waals surface area contributed by atoms with Crippen molar-refractivity contribution >= 4 is 17.7 Å². The molecule has 1 unspecified atom stereocenters. The van der Waals surface area contributed by atoms with Gasteiger partial charge in [-0.1, -0.05) is 5.16 Å². The van der Waals surface area contributed by atoms with E-state index >= 15 is 0 Å². The number of thioether (sulfide) groups is 1. The van der Waals surface area contributed by atoms with Gasteiger partial charge < -0.3 is 15.4 Å². The van der Waals surface area contributed by atoms with E-state index in [4.69, 9.17) is 15.4 Å². The summed E-state index contributed by atoms with van der Waals surface area (Å²) in [7, 11) is 0. The van der Waals surface area contributed by atoms with Gasteiger partial charge in [-0.2, -0.15) is 4.98 Å². The molecule has 7 heteroatoms. The van der Waals surface area contributed by atoms with Crippen LogP contribution in [-0.2, 0) is 10.5 Å². The number of aryl methyl sites for hydroxylation is 1. The van der Waals surface area contributed by atoms with Crippen LogP contribution >= 0.6 is 11.8 Å². The lowest BCUT2D eigenvalue weighted by Gasteiger charge is -2.03. The number of aromatic nitrogens is 2. The Hall–Kier alpha value is -1.08. The summed E-state index contributed by atoms with van der Waals surface area (Å²) in [5.74, 6) is 0.880. The van der Waals surface area contributed by atoms with Crippen molar-refractivity contribution in [3.8, 4) is 0 Å².